The van der Waals surface area contributed by atoms with E-state index >= 15 is 0 Å². The largest absolute Gasteiger partial charge is 0.321 e. The van der Waals surface area contributed by atoms with E-state index in [-0.39, 0.29) is 5.91 Å². The van der Waals surface area contributed by atoms with E-state index in [1.54, 1.807) is 13.1 Å². The molecule has 1 amide bonds. The van der Waals surface area contributed by atoms with Crippen LogP contribution >= 0.6 is 11.3 Å². The maximum atomic E-state index is 13.1. The van der Waals surface area contributed by atoms with Gasteiger partial charge in [-0.2, -0.15) is 9.48 Å². The Morgan fingerprint density at radius 1 is 1.19 bits per heavy atom. The Kier molecular flexibility index (Phi) is 4.20. The van der Waals surface area contributed by atoms with Crippen molar-refractivity contribution in [2.75, 3.05) is 5.32 Å². The van der Waals surface area contributed by atoms with Gasteiger partial charge in [0, 0.05) is 10.4 Å². The Bertz CT molecular complexity index is 1110. The van der Waals surface area contributed by atoms with Crippen molar-refractivity contribution in [2.24, 2.45) is 7.05 Å². The first-order chi connectivity index (χ1) is 13.0. The first-order valence-corrected chi connectivity index (χ1v) is 8.84. The van der Waals surface area contributed by atoms with E-state index in [9.17, 15) is 4.79 Å². The maximum absolute atomic E-state index is 13.1. The zero-order valence-corrected chi connectivity index (χ0v) is 15.6. The minimum atomic E-state index is -0.251. The normalized spacial score (nSPS) is 10.9. The monoisotopic (exact) mass is 381 g/mol. The molecule has 0 spiro atoms. The zero-order chi connectivity index (χ0) is 19.0. The first-order valence-electron chi connectivity index (χ1n) is 8.02. The van der Waals surface area contributed by atoms with Crippen LogP contribution < -0.4 is 5.32 Å². The Hall–Kier alpha value is -3.47. The summed E-state index contributed by atoms with van der Waals surface area (Å²) in [6.45, 7) is 3.87. The first kappa shape index (κ1) is 17.0. The van der Waals surface area contributed by atoms with E-state index < -0.39 is 0 Å². The number of para-hydroxylation sites is 1. The summed E-state index contributed by atoms with van der Waals surface area (Å²) in [5.41, 5.74) is 2.71. The second kappa shape index (κ2) is 6.68. The van der Waals surface area contributed by atoms with Crippen LogP contribution in [0.2, 0.25) is 0 Å². The lowest BCUT2D eigenvalue weighted by Crippen LogP contribution is -2.15. The molecule has 0 aliphatic rings. The third kappa shape index (κ3) is 3.08. The van der Waals surface area contributed by atoms with Crippen molar-refractivity contribution in [1.82, 2.24) is 40.4 Å². The SMILES string of the molecule is Cc1sc(-n2cnnn2)c(C(=O)Nc2ccccc2-c2nnn(C)n2)c1C. The molecule has 4 aromatic rings. The van der Waals surface area contributed by atoms with Crippen LogP contribution in [0.3, 0.4) is 0 Å². The van der Waals surface area contributed by atoms with Gasteiger partial charge in [-0.05, 0) is 47.2 Å². The highest BCUT2D eigenvalue weighted by atomic mass is 32.1. The average molecular weight is 381 g/mol. The van der Waals surface area contributed by atoms with Gasteiger partial charge in [-0.25, -0.2) is 0 Å². The quantitative estimate of drug-likeness (QED) is 0.573. The van der Waals surface area contributed by atoms with Crippen molar-refractivity contribution in [2.45, 2.75) is 13.8 Å². The molecule has 27 heavy (non-hydrogen) atoms. The molecule has 0 fully saturated rings. The van der Waals surface area contributed by atoms with Crippen LogP contribution in [0, 0.1) is 13.8 Å². The van der Waals surface area contributed by atoms with E-state index in [4.69, 9.17) is 0 Å². The third-order valence-electron chi connectivity index (χ3n) is 4.08. The van der Waals surface area contributed by atoms with Crippen LogP contribution in [-0.4, -0.2) is 46.3 Å². The van der Waals surface area contributed by atoms with E-state index in [1.807, 2.05) is 32.0 Å². The summed E-state index contributed by atoms with van der Waals surface area (Å²) in [5, 5.41) is 27.0. The number of amides is 1. The van der Waals surface area contributed by atoms with E-state index in [0.717, 1.165) is 10.4 Å². The molecule has 0 saturated heterocycles. The molecule has 3 heterocycles. The molecule has 10 nitrogen and oxygen atoms in total. The molecular formula is C16H15N9OS. The predicted molar refractivity (Wildman–Crippen MR) is 98.7 cm³/mol. The second-order valence-electron chi connectivity index (χ2n) is 5.82. The molecule has 4 rings (SSSR count). The molecule has 136 valence electrons. The second-order valence-corrected chi connectivity index (χ2v) is 7.02. The molecule has 1 aromatic carbocycles. The minimum Gasteiger partial charge on any atom is -0.321 e. The number of tetrazole rings is 2. The molecule has 0 aliphatic carbocycles. The number of hydrogen-bond acceptors (Lipinski definition) is 8. The van der Waals surface area contributed by atoms with Crippen molar-refractivity contribution in [3.63, 3.8) is 0 Å². The van der Waals surface area contributed by atoms with Crippen LogP contribution in [0.5, 0.6) is 0 Å². The summed E-state index contributed by atoms with van der Waals surface area (Å²) in [6, 6.07) is 7.33. The number of benzene rings is 1. The number of carbonyl (C=O) groups is 1. The summed E-state index contributed by atoms with van der Waals surface area (Å²) in [5.74, 6) is 0.186. The molecule has 0 radical (unpaired) electrons. The van der Waals surface area contributed by atoms with Gasteiger partial charge in [-0.15, -0.1) is 26.6 Å². The highest BCUT2D eigenvalue weighted by molar-refractivity contribution is 7.15. The van der Waals surface area contributed by atoms with Crippen LogP contribution in [-0.2, 0) is 7.05 Å². The number of anilines is 1. The molecule has 0 saturated carbocycles. The number of aromatic nitrogens is 8. The van der Waals surface area contributed by atoms with Crippen molar-refractivity contribution >= 4 is 22.9 Å². The van der Waals surface area contributed by atoms with Gasteiger partial charge in [-0.3, -0.25) is 4.79 Å². The number of nitrogens with zero attached hydrogens (tertiary/aromatic N) is 8. The van der Waals surface area contributed by atoms with Gasteiger partial charge in [0.1, 0.15) is 11.3 Å². The number of aryl methyl sites for hydroxylation is 2. The van der Waals surface area contributed by atoms with E-state index in [1.165, 1.54) is 27.1 Å². The maximum Gasteiger partial charge on any atom is 0.259 e. The Morgan fingerprint density at radius 2 is 2.00 bits per heavy atom. The number of rotatable bonds is 4. The minimum absolute atomic E-state index is 0.251. The highest BCUT2D eigenvalue weighted by Gasteiger charge is 2.23. The summed E-state index contributed by atoms with van der Waals surface area (Å²) < 4.78 is 1.50. The third-order valence-corrected chi connectivity index (χ3v) is 5.27. The fourth-order valence-corrected chi connectivity index (χ4v) is 3.73. The Morgan fingerprint density at radius 3 is 2.70 bits per heavy atom. The smallest absolute Gasteiger partial charge is 0.259 e. The van der Waals surface area contributed by atoms with Gasteiger partial charge in [0.15, 0.2) is 0 Å². The molecule has 0 atom stereocenters. The topological polar surface area (TPSA) is 116 Å². The lowest BCUT2D eigenvalue weighted by molar-refractivity contribution is 0.102. The molecule has 1 N–H and O–H groups in total. The summed E-state index contributed by atoms with van der Waals surface area (Å²) in [4.78, 5) is 15.5. The lowest BCUT2D eigenvalue weighted by Gasteiger charge is -2.10. The average Bonchev–Trinajstić information content (AvgIpc) is 3.37. The summed E-state index contributed by atoms with van der Waals surface area (Å²) >= 11 is 1.46. The van der Waals surface area contributed by atoms with E-state index in [0.29, 0.717) is 27.6 Å². The fraction of sp³-hybridized carbons (Fsp3) is 0.188. The molecular weight excluding hydrogens is 366 g/mol. The standard InChI is InChI=1S/C16H15N9OS/c1-9-10(2)27-16(25-8-17-21-23-25)13(9)15(26)18-12-7-5-4-6-11(12)14-19-22-24(3)20-14/h4-8H,1-3H3,(H,18,26). The molecule has 11 heteroatoms. The van der Waals surface area contributed by atoms with Gasteiger partial charge in [-0.1, -0.05) is 12.1 Å². The van der Waals surface area contributed by atoms with Gasteiger partial charge < -0.3 is 5.32 Å². The fourth-order valence-electron chi connectivity index (χ4n) is 2.66. The van der Waals surface area contributed by atoms with Crippen LogP contribution in [0.1, 0.15) is 20.8 Å². The van der Waals surface area contributed by atoms with Gasteiger partial charge in [0.25, 0.3) is 5.91 Å². The molecule has 3 aromatic heterocycles. The van der Waals surface area contributed by atoms with Gasteiger partial charge in [0.05, 0.1) is 18.3 Å². The van der Waals surface area contributed by atoms with Gasteiger partial charge in [0.2, 0.25) is 5.82 Å². The Balaban J connectivity index is 1.73. The number of hydrogen-bond donors (Lipinski definition) is 1. The molecule has 0 aliphatic heterocycles. The molecule has 0 unspecified atom stereocenters. The zero-order valence-electron chi connectivity index (χ0n) is 14.8. The van der Waals surface area contributed by atoms with Crippen LogP contribution in [0.15, 0.2) is 30.6 Å². The number of thiophene rings is 1. The van der Waals surface area contributed by atoms with Crippen molar-refractivity contribution in [3.05, 3.63) is 46.6 Å². The van der Waals surface area contributed by atoms with Crippen molar-refractivity contribution in [1.29, 1.82) is 0 Å². The summed E-state index contributed by atoms with van der Waals surface area (Å²) in [6.07, 6.45) is 1.47. The predicted octanol–water partition coefficient (Wildman–Crippen LogP) is 1.78. The highest BCUT2D eigenvalue weighted by Crippen LogP contribution is 2.32. The van der Waals surface area contributed by atoms with E-state index in [2.05, 4.69) is 36.3 Å². The van der Waals surface area contributed by atoms with Crippen molar-refractivity contribution < 1.29 is 4.79 Å². The van der Waals surface area contributed by atoms with Crippen LogP contribution in [0.4, 0.5) is 5.69 Å². The number of nitrogens with one attached hydrogen (secondary N) is 1. The van der Waals surface area contributed by atoms with Gasteiger partial charge >= 0.3 is 0 Å². The van der Waals surface area contributed by atoms with Crippen molar-refractivity contribution in [3.8, 4) is 16.4 Å². The lowest BCUT2D eigenvalue weighted by atomic mass is 10.1. The number of carbonyl (C=O) groups excluding carboxylic acids is 1. The Labute approximate surface area is 157 Å². The summed E-state index contributed by atoms with van der Waals surface area (Å²) in [7, 11) is 1.69. The van der Waals surface area contributed by atoms with Crippen LogP contribution in [0.25, 0.3) is 16.4 Å². The molecule has 0 bridgehead atoms.